The molecule has 0 bridgehead atoms. The van der Waals surface area contributed by atoms with Crippen LogP contribution in [-0.2, 0) is 0 Å². The standard InChI is InChI=1S/C24H25NO3/c1-14-8-6-7-9-17(14)22(26)19-11-16-10-18-15(2)13-24(3,4)25(5)20(18)12-21(16)28-23(19)27/h6-12,15H,13H2,1-5H3/t15-/m1/s1. The van der Waals surface area contributed by atoms with E-state index in [9.17, 15) is 9.59 Å². The molecule has 1 aliphatic rings. The summed E-state index contributed by atoms with van der Waals surface area (Å²) in [5, 5.41) is 0.787. The van der Waals surface area contributed by atoms with Crippen molar-refractivity contribution in [3.05, 3.63) is 75.1 Å². The van der Waals surface area contributed by atoms with Crippen molar-refractivity contribution in [2.45, 2.75) is 45.6 Å². The topological polar surface area (TPSA) is 50.5 Å². The molecule has 0 unspecified atom stereocenters. The number of aryl methyl sites for hydroxylation is 1. The zero-order valence-corrected chi connectivity index (χ0v) is 17.0. The summed E-state index contributed by atoms with van der Waals surface area (Å²) in [6, 6.07) is 13.0. The summed E-state index contributed by atoms with van der Waals surface area (Å²) >= 11 is 0. The average Bonchev–Trinajstić information content (AvgIpc) is 2.64. The van der Waals surface area contributed by atoms with E-state index < -0.39 is 5.63 Å². The molecule has 2 heterocycles. The lowest BCUT2D eigenvalue weighted by atomic mass is 9.80. The molecule has 0 spiro atoms. The maximum absolute atomic E-state index is 13.0. The van der Waals surface area contributed by atoms with Crippen molar-refractivity contribution in [2.24, 2.45) is 0 Å². The van der Waals surface area contributed by atoms with Gasteiger partial charge < -0.3 is 9.32 Å². The van der Waals surface area contributed by atoms with Gasteiger partial charge in [0.25, 0.3) is 0 Å². The summed E-state index contributed by atoms with van der Waals surface area (Å²) in [5.41, 5.74) is 3.71. The highest BCUT2D eigenvalue weighted by Crippen LogP contribution is 2.43. The summed E-state index contributed by atoms with van der Waals surface area (Å²) < 4.78 is 5.59. The molecular formula is C24H25NO3. The molecule has 4 rings (SSSR count). The number of hydrogen-bond donors (Lipinski definition) is 0. The van der Waals surface area contributed by atoms with Crippen LogP contribution in [0.4, 0.5) is 5.69 Å². The van der Waals surface area contributed by atoms with Gasteiger partial charge in [-0.15, -0.1) is 0 Å². The molecule has 1 aromatic heterocycles. The van der Waals surface area contributed by atoms with Crippen molar-refractivity contribution in [2.75, 3.05) is 11.9 Å². The van der Waals surface area contributed by atoms with Crippen LogP contribution in [0.25, 0.3) is 11.0 Å². The monoisotopic (exact) mass is 375 g/mol. The molecule has 0 N–H and O–H groups in total. The molecule has 0 aliphatic carbocycles. The Balaban J connectivity index is 1.89. The fourth-order valence-electron chi connectivity index (χ4n) is 4.31. The number of ketones is 1. The number of carbonyl (C=O) groups excluding carboxylic acids is 1. The molecular weight excluding hydrogens is 350 g/mol. The Hall–Kier alpha value is -2.88. The Morgan fingerprint density at radius 3 is 2.57 bits per heavy atom. The zero-order chi connectivity index (χ0) is 20.2. The summed E-state index contributed by atoms with van der Waals surface area (Å²) in [5.74, 6) is 0.0887. The lowest BCUT2D eigenvalue weighted by Crippen LogP contribution is -2.45. The van der Waals surface area contributed by atoms with Crippen LogP contribution < -0.4 is 10.5 Å². The van der Waals surface area contributed by atoms with E-state index in [-0.39, 0.29) is 16.9 Å². The van der Waals surface area contributed by atoms with Gasteiger partial charge in [-0.1, -0.05) is 31.2 Å². The maximum atomic E-state index is 13.0. The second kappa shape index (κ2) is 6.33. The second-order valence-corrected chi connectivity index (χ2v) is 8.52. The molecule has 1 aliphatic heterocycles. The molecule has 0 amide bonds. The van der Waals surface area contributed by atoms with E-state index in [1.165, 1.54) is 5.56 Å². The van der Waals surface area contributed by atoms with Gasteiger partial charge in [0.05, 0.1) is 0 Å². The fraction of sp³-hybridized carbons (Fsp3) is 0.333. The number of fused-ring (bicyclic) bond motifs is 2. The lowest BCUT2D eigenvalue weighted by molar-refractivity contribution is 0.103. The molecule has 3 aromatic rings. The van der Waals surface area contributed by atoms with Crippen molar-refractivity contribution < 1.29 is 9.21 Å². The van der Waals surface area contributed by atoms with Gasteiger partial charge in [-0.25, -0.2) is 4.79 Å². The van der Waals surface area contributed by atoms with Crippen LogP contribution in [0.2, 0.25) is 0 Å². The molecule has 1 atom stereocenters. The van der Waals surface area contributed by atoms with Crippen molar-refractivity contribution >= 4 is 22.4 Å². The van der Waals surface area contributed by atoms with Crippen LogP contribution in [-0.4, -0.2) is 18.4 Å². The zero-order valence-electron chi connectivity index (χ0n) is 17.0. The van der Waals surface area contributed by atoms with Gasteiger partial charge in [-0.05, 0) is 56.4 Å². The van der Waals surface area contributed by atoms with Gasteiger partial charge in [0.2, 0.25) is 5.78 Å². The second-order valence-electron chi connectivity index (χ2n) is 8.52. The summed E-state index contributed by atoms with van der Waals surface area (Å²) in [6.45, 7) is 8.52. The van der Waals surface area contributed by atoms with Gasteiger partial charge in [0.15, 0.2) is 0 Å². The quantitative estimate of drug-likeness (QED) is 0.464. The van der Waals surface area contributed by atoms with Crippen LogP contribution in [0.15, 0.2) is 51.7 Å². The van der Waals surface area contributed by atoms with Crippen LogP contribution >= 0.6 is 0 Å². The Labute approximate surface area is 164 Å². The largest absolute Gasteiger partial charge is 0.422 e. The fourth-order valence-corrected chi connectivity index (χ4v) is 4.31. The predicted octanol–water partition coefficient (Wildman–Crippen LogP) is 5.05. The van der Waals surface area contributed by atoms with Gasteiger partial charge in [-0.2, -0.15) is 0 Å². The molecule has 28 heavy (non-hydrogen) atoms. The number of nitrogens with zero attached hydrogens (tertiary/aromatic N) is 1. The molecule has 2 aromatic carbocycles. The first-order chi connectivity index (χ1) is 13.2. The third-order valence-electron chi connectivity index (χ3n) is 6.12. The normalized spacial score (nSPS) is 18.2. The minimum Gasteiger partial charge on any atom is -0.422 e. The van der Waals surface area contributed by atoms with E-state index in [0.717, 1.165) is 23.1 Å². The number of anilines is 1. The third kappa shape index (κ3) is 2.84. The number of benzene rings is 2. The van der Waals surface area contributed by atoms with E-state index in [4.69, 9.17) is 4.42 Å². The lowest BCUT2D eigenvalue weighted by Gasteiger charge is -2.45. The van der Waals surface area contributed by atoms with E-state index in [2.05, 4.69) is 38.8 Å². The van der Waals surface area contributed by atoms with Crippen molar-refractivity contribution in [1.82, 2.24) is 0 Å². The molecule has 144 valence electrons. The van der Waals surface area contributed by atoms with Crippen molar-refractivity contribution in [3.63, 3.8) is 0 Å². The van der Waals surface area contributed by atoms with E-state index in [1.54, 1.807) is 18.2 Å². The van der Waals surface area contributed by atoms with Crippen molar-refractivity contribution in [1.29, 1.82) is 0 Å². The molecule has 0 saturated carbocycles. The van der Waals surface area contributed by atoms with Crippen LogP contribution in [0.3, 0.4) is 0 Å². The first-order valence-electron chi connectivity index (χ1n) is 9.65. The SMILES string of the molecule is Cc1ccccc1C(=O)c1cc2cc3c(cc2oc1=O)N(C)C(C)(C)C[C@H]3C. The van der Waals surface area contributed by atoms with Gasteiger partial charge in [0, 0.05) is 35.3 Å². The molecule has 4 nitrogen and oxygen atoms in total. The molecule has 0 saturated heterocycles. The molecule has 0 fully saturated rings. The Morgan fingerprint density at radius 2 is 1.86 bits per heavy atom. The smallest absolute Gasteiger partial charge is 0.347 e. The number of rotatable bonds is 2. The minimum absolute atomic E-state index is 0.0289. The van der Waals surface area contributed by atoms with Crippen molar-refractivity contribution in [3.8, 4) is 0 Å². The Bertz CT molecular complexity index is 1160. The first-order valence-corrected chi connectivity index (χ1v) is 9.65. The molecule has 0 radical (unpaired) electrons. The van der Waals surface area contributed by atoms with Gasteiger partial charge >= 0.3 is 5.63 Å². The molecule has 4 heteroatoms. The summed E-state index contributed by atoms with van der Waals surface area (Å²) in [6.07, 6.45) is 1.04. The van der Waals surface area contributed by atoms with Crippen LogP contribution in [0.5, 0.6) is 0 Å². The number of hydrogen-bond acceptors (Lipinski definition) is 4. The predicted molar refractivity (Wildman–Crippen MR) is 113 cm³/mol. The van der Waals surface area contributed by atoms with E-state index in [1.807, 2.05) is 25.1 Å². The average molecular weight is 375 g/mol. The van der Waals surface area contributed by atoms with Gasteiger partial charge in [0.1, 0.15) is 11.1 Å². The van der Waals surface area contributed by atoms with Crippen LogP contribution in [0.1, 0.15) is 60.2 Å². The van der Waals surface area contributed by atoms with Gasteiger partial charge in [-0.3, -0.25) is 4.79 Å². The Morgan fingerprint density at radius 1 is 1.14 bits per heavy atom. The van der Waals surface area contributed by atoms with E-state index in [0.29, 0.717) is 17.1 Å². The highest BCUT2D eigenvalue weighted by molar-refractivity contribution is 6.10. The summed E-state index contributed by atoms with van der Waals surface area (Å²) in [4.78, 5) is 27.8. The van der Waals surface area contributed by atoms with E-state index >= 15 is 0 Å². The summed E-state index contributed by atoms with van der Waals surface area (Å²) in [7, 11) is 2.07. The van der Waals surface area contributed by atoms with Crippen LogP contribution in [0, 0.1) is 6.92 Å². The number of carbonyl (C=O) groups is 1. The first kappa shape index (κ1) is 18.5. The maximum Gasteiger partial charge on any atom is 0.347 e. The minimum atomic E-state index is -0.591. The third-order valence-corrected chi connectivity index (χ3v) is 6.12. The highest BCUT2D eigenvalue weighted by Gasteiger charge is 2.34. The highest BCUT2D eigenvalue weighted by atomic mass is 16.4. The Kier molecular flexibility index (Phi) is 4.18.